The molecule has 6 nitrogen and oxygen atoms in total. The zero-order chi connectivity index (χ0) is 96.1. The fourth-order valence-corrected chi connectivity index (χ4v) is 16.1. The van der Waals surface area contributed by atoms with E-state index in [-0.39, 0.29) is 71.5 Å². The normalized spacial score (nSPS) is 16.5. The van der Waals surface area contributed by atoms with Gasteiger partial charge >= 0.3 is 0 Å². The van der Waals surface area contributed by atoms with E-state index in [1.807, 2.05) is 164 Å². The van der Waals surface area contributed by atoms with Gasteiger partial charge in [-0.2, -0.15) is 0 Å². The molecular formula is C102H79BN4O2. The third-order valence-corrected chi connectivity index (χ3v) is 21.4. The highest BCUT2D eigenvalue weighted by Gasteiger charge is 2.47. The van der Waals surface area contributed by atoms with Crippen LogP contribution in [0.1, 0.15) is 115 Å². The first kappa shape index (κ1) is 43.1. The van der Waals surface area contributed by atoms with E-state index in [2.05, 4.69) is 65.8 Å². The molecule has 2 aliphatic heterocycles. The molecular weight excluding hydrogens is 1320 g/mol. The van der Waals surface area contributed by atoms with E-state index < -0.39 is 247 Å². The molecule has 0 atom stereocenters. The lowest BCUT2D eigenvalue weighted by Crippen LogP contribution is -2.61. The van der Waals surface area contributed by atoms with E-state index in [1.165, 1.54) is 0 Å². The molecule has 0 radical (unpaired) electrons. The Balaban J connectivity index is 1.02. The van der Waals surface area contributed by atoms with Crippen molar-refractivity contribution in [3.63, 3.8) is 0 Å². The van der Waals surface area contributed by atoms with Crippen LogP contribution in [-0.2, 0) is 16.2 Å². The fraction of sp³-hybridized carbons (Fsp3) is 0.118. The van der Waals surface area contributed by atoms with Gasteiger partial charge in [-0.15, -0.1) is 0 Å². The van der Waals surface area contributed by atoms with Crippen LogP contribution in [0.5, 0.6) is 0 Å². The van der Waals surface area contributed by atoms with Gasteiger partial charge in [0.25, 0.3) is 6.71 Å². The summed E-state index contributed by atoms with van der Waals surface area (Å²) in [5, 5.41) is -2.80. The van der Waals surface area contributed by atoms with E-state index in [1.54, 1.807) is 0 Å². The Bertz CT molecular complexity index is 8020. The molecule has 0 saturated heterocycles. The average molecular weight is 1430 g/mol. The third kappa shape index (κ3) is 10.0. The van der Waals surface area contributed by atoms with Crippen LogP contribution in [0.15, 0.2) is 324 Å². The van der Waals surface area contributed by atoms with Crippen molar-refractivity contribution in [3.8, 4) is 55.9 Å². The maximum atomic E-state index is 12.0. The van der Waals surface area contributed by atoms with Crippen LogP contribution in [0, 0.1) is 0 Å². The molecule has 21 rings (SSSR count). The number of nitrogens with zero attached hydrogens (tertiary/aromatic N) is 4. The van der Waals surface area contributed by atoms with Crippen LogP contribution in [-0.4, -0.2) is 15.8 Å². The summed E-state index contributed by atoms with van der Waals surface area (Å²) in [5.41, 5.74) is 0.585. The number of anilines is 6. The molecule has 0 unspecified atom stereocenters. The van der Waals surface area contributed by atoms with Crippen LogP contribution in [0.2, 0.25) is 0 Å². The highest BCUT2D eigenvalue weighted by Crippen LogP contribution is 2.56. The molecule has 0 amide bonds. The first-order valence-corrected chi connectivity index (χ1v) is 36.2. The Morgan fingerprint density at radius 3 is 0.982 bits per heavy atom. The summed E-state index contributed by atoms with van der Waals surface area (Å²) in [6, 6.07) is 31.5. The fourth-order valence-electron chi connectivity index (χ4n) is 16.1. The minimum absolute atomic E-state index is 0.211. The average Bonchev–Trinajstić information content (AvgIpc) is 1.47. The highest BCUT2D eigenvalue weighted by molar-refractivity contribution is 7.00. The van der Waals surface area contributed by atoms with Crippen LogP contribution in [0.4, 0.5) is 34.1 Å². The van der Waals surface area contributed by atoms with Gasteiger partial charge in [0.2, 0.25) is 0 Å². The quantitative estimate of drug-likeness (QED) is 0.142. The Morgan fingerprint density at radius 2 is 0.624 bits per heavy atom. The van der Waals surface area contributed by atoms with Crippen molar-refractivity contribution in [1.29, 1.82) is 0 Å². The molecule has 7 heteroatoms. The van der Waals surface area contributed by atoms with E-state index >= 15 is 0 Å². The molecule has 0 spiro atoms. The van der Waals surface area contributed by atoms with E-state index in [0.29, 0.717) is 61.4 Å². The molecule has 522 valence electrons. The van der Waals surface area contributed by atoms with Gasteiger partial charge in [0.15, 0.2) is 0 Å². The molecule has 19 aromatic rings. The number of fused-ring (bicyclic) bond motifs is 16. The predicted octanol–water partition coefficient (Wildman–Crippen LogP) is 26.3. The molecule has 2 aliphatic rings. The maximum absolute atomic E-state index is 12.0. The number of aromatic nitrogens is 2. The lowest BCUT2D eigenvalue weighted by atomic mass is 9.33. The monoisotopic (exact) mass is 1430 g/mol. The summed E-state index contributed by atoms with van der Waals surface area (Å²) >= 11 is 0. The Hall–Kier alpha value is -12.8. The molecule has 0 fully saturated rings. The van der Waals surface area contributed by atoms with Gasteiger partial charge in [-0.05, 0) is 168 Å². The number of hydrogen-bond donors (Lipinski definition) is 0. The third-order valence-electron chi connectivity index (χ3n) is 21.4. The van der Waals surface area contributed by atoms with Crippen molar-refractivity contribution in [1.82, 2.24) is 9.13 Å². The lowest BCUT2D eigenvalue weighted by molar-refractivity contribution is 0.590. The Labute approximate surface area is 671 Å². The zero-order valence-electron chi connectivity index (χ0n) is 86.7. The van der Waals surface area contributed by atoms with Crippen molar-refractivity contribution in [2.45, 2.75) is 78.6 Å². The summed E-state index contributed by atoms with van der Waals surface area (Å²) in [5.74, 6) is 0. The molecule has 0 N–H and O–H groups in total. The lowest BCUT2D eigenvalue weighted by Gasteiger charge is -2.47. The molecule has 0 saturated carbocycles. The molecule has 109 heavy (non-hydrogen) atoms. The number of rotatable bonds is 8. The second-order valence-electron chi connectivity index (χ2n) is 31.1. The van der Waals surface area contributed by atoms with Gasteiger partial charge in [-0.3, -0.25) is 0 Å². The SMILES string of the molecule is [2H]c1c([2H])c(-n2c3c([2H])c([2H])c([2H])c([2H])c3c3c([2H])c4c(oc5c([2H])c([2H])c([2H])c([2H])c54)c([2H])c32)c([2H])c2c1B1c3c(cc(C(C)(C)C)cc3N(c3c(-c4ccccc4)cc(C(C)(C)C)cc3-c3ccccc3)c3c([2H])c(-n4c5c([2H])c([2H])c([2H])c([2H])c5c5c([2H])c6c(oc7c([2H])c([2H])c([2H])c([2H])c76)c([2H])c54)c([2H])c([2H])c31)N2c1c(-c2ccccc2)cc(C(C)(C)C)cc1-c1ccccc1. The number of benzene rings is 15. The summed E-state index contributed by atoms with van der Waals surface area (Å²) < 4.78 is 277. The first-order chi connectivity index (χ1) is 63.8. The minimum Gasteiger partial charge on any atom is -0.456 e. The van der Waals surface area contributed by atoms with Crippen molar-refractivity contribution in [2.75, 3.05) is 9.80 Å². The summed E-state index contributed by atoms with van der Waals surface area (Å²) in [6.07, 6.45) is 0. The number of furan rings is 2. The first-order valence-electron chi connectivity index (χ1n) is 49.2. The van der Waals surface area contributed by atoms with Crippen LogP contribution >= 0.6 is 0 Å². The Morgan fingerprint density at radius 1 is 0.294 bits per heavy atom. The number of para-hydroxylation sites is 4. The minimum atomic E-state index is -1.73. The van der Waals surface area contributed by atoms with Gasteiger partial charge in [0.1, 0.15) is 22.3 Å². The van der Waals surface area contributed by atoms with Crippen LogP contribution in [0.3, 0.4) is 0 Å². The van der Waals surface area contributed by atoms with Gasteiger partial charge in [-0.1, -0.05) is 268 Å². The summed E-state index contributed by atoms with van der Waals surface area (Å²) in [7, 11) is 0. The second kappa shape index (κ2) is 23.8. The predicted molar refractivity (Wildman–Crippen MR) is 462 cm³/mol. The summed E-state index contributed by atoms with van der Waals surface area (Å²) in [4.78, 5) is 3.73. The van der Waals surface area contributed by atoms with Gasteiger partial charge in [0.05, 0.1) is 69.1 Å². The van der Waals surface area contributed by atoms with E-state index in [0.717, 1.165) is 20.3 Å². The van der Waals surface area contributed by atoms with Crippen LogP contribution in [0.25, 0.3) is 143 Å². The second-order valence-corrected chi connectivity index (χ2v) is 31.1. The van der Waals surface area contributed by atoms with Crippen molar-refractivity contribution in [3.05, 3.63) is 332 Å². The smallest absolute Gasteiger partial charge is 0.252 e. The largest absolute Gasteiger partial charge is 0.456 e. The van der Waals surface area contributed by atoms with Crippen LogP contribution < -0.4 is 26.2 Å². The topological polar surface area (TPSA) is 42.6 Å². The maximum Gasteiger partial charge on any atom is 0.252 e. The molecule has 15 aromatic carbocycles. The van der Waals surface area contributed by atoms with E-state index in [4.69, 9.17) is 17.1 Å². The van der Waals surface area contributed by atoms with E-state index in [9.17, 15) is 27.4 Å². The molecule has 0 bridgehead atoms. The molecule has 4 aromatic heterocycles. The van der Waals surface area contributed by atoms with Gasteiger partial charge in [-0.25, -0.2) is 0 Å². The summed E-state index contributed by atoms with van der Waals surface area (Å²) in [6.45, 7) is 16.7. The molecule has 0 aliphatic carbocycles. The van der Waals surface area contributed by atoms with Gasteiger partial charge in [0, 0.05) is 112 Å². The standard InChI is InChI=1S/C102H79BN4O2/c1-100(2,3)66-50-75(62-30-14-10-15-31-62)98(76(51-66)63-32-16-11-17-33-63)106-89-56-69(104-85-42-26-22-38-71(85)79-58-81-73-40-24-28-44-93(73)108-95(81)60-87(79)104)46-48-83(89)103-84-49-47-70(105-86-43-27-23-39-72(86)80-59-82-74-41-25-29-45-94(74)109-96(82)61-88(80)105)57-90(84)107(92-55-68(102(7,8)9)54-91(106)97(92)103)99-77(64-34-18-12-19-35-64)52-67(101(4,5)6)53-78(99)65-36-20-13-21-37-65/h10-61H,1-9H3/i22D,23D,24D,25D,26D,27D,28D,29D,38D,39D,40D,41D,42D,43D,44D,45D,46D,47D,48D,49D,56D,57D,58D,59D,60D,61D. The zero-order valence-corrected chi connectivity index (χ0v) is 60.7. The molecule has 6 heterocycles. The van der Waals surface area contributed by atoms with Gasteiger partial charge < -0.3 is 27.8 Å². The highest BCUT2D eigenvalue weighted by atomic mass is 16.3. The van der Waals surface area contributed by atoms with Crippen molar-refractivity contribution < 1.29 is 44.5 Å². The van der Waals surface area contributed by atoms with Crippen molar-refractivity contribution in [2.24, 2.45) is 0 Å². The van der Waals surface area contributed by atoms with Crippen molar-refractivity contribution >= 4 is 145 Å². The Kier molecular flexibility index (Phi) is 9.42. The number of hydrogen-bond acceptors (Lipinski definition) is 4.